The van der Waals surface area contributed by atoms with Crippen LogP contribution in [0.2, 0.25) is 0 Å². The van der Waals surface area contributed by atoms with E-state index in [-0.39, 0.29) is 24.1 Å². The van der Waals surface area contributed by atoms with Crippen LogP contribution in [-0.4, -0.2) is 52.3 Å². The molecule has 0 aliphatic heterocycles. The van der Waals surface area contributed by atoms with Gasteiger partial charge in [0.05, 0.1) is 6.61 Å². The number of phenols is 2. The highest BCUT2D eigenvalue weighted by molar-refractivity contribution is 5.69. The van der Waals surface area contributed by atoms with Crippen LogP contribution in [0.1, 0.15) is 76.7 Å². The minimum absolute atomic E-state index is 0.0871. The minimum atomic E-state index is -0.984. The van der Waals surface area contributed by atoms with Crippen molar-refractivity contribution in [2.45, 2.75) is 83.7 Å². The molecule has 0 amide bonds. The Balaban J connectivity index is 0.00000103. The van der Waals surface area contributed by atoms with Crippen LogP contribution < -0.4 is 5.73 Å². The first-order valence-corrected chi connectivity index (χ1v) is 13.7. The number of unbranched alkanes of at least 4 members (excludes halogenated alkanes) is 4. The number of ether oxygens (including phenoxy) is 1. The molecule has 0 saturated heterocycles. The van der Waals surface area contributed by atoms with Crippen molar-refractivity contribution in [1.29, 1.82) is 0 Å². The molecule has 1 atom stereocenters. The van der Waals surface area contributed by atoms with E-state index in [1.54, 1.807) is 6.07 Å². The number of carbonyl (C=O) groups is 1. The van der Waals surface area contributed by atoms with Crippen molar-refractivity contribution in [3.8, 4) is 11.5 Å². The maximum Gasteiger partial charge on any atom is 0.305 e. The number of phenolic OH excluding ortho intramolecular Hbond substituents is 2. The van der Waals surface area contributed by atoms with Gasteiger partial charge in [0.15, 0.2) is 11.5 Å². The predicted octanol–water partition coefficient (Wildman–Crippen LogP) is 5.63. The van der Waals surface area contributed by atoms with Gasteiger partial charge in [-0.1, -0.05) is 74.4 Å². The van der Waals surface area contributed by atoms with E-state index in [1.807, 2.05) is 0 Å². The molecule has 0 heterocycles. The van der Waals surface area contributed by atoms with Crippen molar-refractivity contribution in [3.63, 3.8) is 0 Å². The average Bonchev–Trinajstić information content (AvgIpc) is 2.91. The van der Waals surface area contributed by atoms with Crippen molar-refractivity contribution in [2.24, 2.45) is 5.73 Å². The molecule has 7 heteroatoms. The first-order valence-electron chi connectivity index (χ1n) is 13.7. The molecule has 0 aliphatic rings. The quantitative estimate of drug-likeness (QED) is 0.0676. The van der Waals surface area contributed by atoms with E-state index in [9.17, 15) is 4.79 Å². The number of hydrogen-bond acceptors (Lipinski definition) is 7. The summed E-state index contributed by atoms with van der Waals surface area (Å²) in [5, 5.41) is 35.7. The number of carbonyl (C=O) groups excluding carboxylic acids is 1. The molecular formula is C31H49NO6. The molecule has 0 spiro atoms. The lowest BCUT2D eigenvalue weighted by molar-refractivity contribution is -0.147. The van der Waals surface area contributed by atoms with E-state index < -0.39 is 12.7 Å². The second-order valence-corrected chi connectivity index (χ2v) is 8.86. The zero-order valence-corrected chi connectivity index (χ0v) is 23.0. The Labute approximate surface area is 229 Å². The molecule has 38 heavy (non-hydrogen) atoms. The van der Waals surface area contributed by atoms with Gasteiger partial charge in [-0.2, -0.15) is 0 Å². The number of esters is 1. The van der Waals surface area contributed by atoms with Gasteiger partial charge in [-0.25, -0.2) is 0 Å². The van der Waals surface area contributed by atoms with Gasteiger partial charge in [-0.3, -0.25) is 4.79 Å². The number of allylic oxidation sites excluding steroid dienone is 8. The van der Waals surface area contributed by atoms with Crippen LogP contribution >= 0.6 is 0 Å². The summed E-state index contributed by atoms with van der Waals surface area (Å²) in [5.41, 5.74) is 6.24. The summed E-state index contributed by atoms with van der Waals surface area (Å²) >= 11 is 0. The van der Waals surface area contributed by atoms with Crippen LogP contribution in [0.25, 0.3) is 0 Å². The van der Waals surface area contributed by atoms with Crippen LogP contribution in [0.3, 0.4) is 0 Å². The molecule has 0 aliphatic carbocycles. The molecule has 1 aromatic rings. The highest BCUT2D eigenvalue weighted by Gasteiger charge is 2.06. The highest BCUT2D eigenvalue weighted by atomic mass is 16.5. The maximum atomic E-state index is 11.4. The second kappa shape index (κ2) is 25.8. The number of nitrogens with two attached hydrogens (primary N) is 1. The lowest BCUT2D eigenvalue weighted by atomic mass is 10.1. The summed E-state index contributed by atoms with van der Waals surface area (Å²) in [6, 6.07) is 4.71. The van der Waals surface area contributed by atoms with E-state index in [2.05, 4.69) is 55.5 Å². The summed E-state index contributed by atoms with van der Waals surface area (Å²) in [4.78, 5) is 11.4. The van der Waals surface area contributed by atoms with Gasteiger partial charge in [-0.15, -0.1) is 0 Å². The van der Waals surface area contributed by atoms with Gasteiger partial charge < -0.3 is 30.9 Å². The number of aromatic hydroxyl groups is 2. The van der Waals surface area contributed by atoms with E-state index in [1.165, 1.54) is 37.8 Å². The average molecular weight is 532 g/mol. The van der Waals surface area contributed by atoms with Gasteiger partial charge >= 0.3 is 5.97 Å². The predicted molar refractivity (Wildman–Crippen MR) is 155 cm³/mol. The van der Waals surface area contributed by atoms with E-state index >= 15 is 0 Å². The normalized spacial score (nSPS) is 12.4. The minimum Gasteiger partial charge on any atom is -0.504 e. The Hall–Kier alpha value is -2.87. The third-order valence-corrected chi connectivity index (χ3v) is 5.33. The first-order chi connectivity index (χ1) is 18.4. The van der Waals surface area contributed by atoms with Gasteiger partial charge in [-0.05, 0) is 75.6 Å². The molecule has 6 N–H and O–H groups in total. The second-order valence-electron chi connectivity index (χ2n) is 8.86. The SMILES string of the molecule is CCCCCC=CCC=CCC=CCC=CCCCC(=O)OCC(O)CO.NCCc1ccc(O)c(O)c1. The fourth-order valence-electron chi connectivity index (χ4n) is 3.13. The van der Waals surface area contributed by atoms with Crippen LogP contribution in [0.15, 0.2) is 66.8 Å². The summed E-state index contributed by atoms with van der Waals surface area (Å²) in [6.07, 6.45) is 27.0. The molecule has 0 bridgehead atoms. The van der Waals surface area contributed by atoms with Crippen LogP contribution in [0.5, 0.6) is 11.5 Å². The van der Waals surface area contributed by atoms with Gasteiger partial charge in [0.25, 0.3) is 0 Å². The number of aliphatic hydroxyl groups excluding tert-OH is 2. The molecule has 0 saturated carbocycles. The van der Waals surface area contributed by atoms with Gasteiger partial charge in [0.2, 0.25) is 0 Å². The fraction of sp³-hybridized carbons (Fsp3) is 0.516. The standard InChI is InChI=1S/C23H38O4.C8H11NO2/c1-2-3-4-5-6-7-8-9-10-11-12-13-14-15-16-17-18-19-23(26)27-21-22(25)20-24;9-4-3-6-1-2-7(10)8(11)5-6/h6-7,9-10,12-13,15-16,22,24-25H,2-5,8,11,14,17-21H2,1H3;1-2,5,10-11H,3-4,9H2. The molecule has 0 aromatic heterocycles. The summed E-state index contributed by atoms with van der Waals surface area (Å²) in [6.45, 7) is 2.24. The number of aliphatic hydroxyl groups is 2. The van der Waals surface area contributed by atoms with Crippen molar-refractivity contribution in [2.75, 3.05) is 19.8 Å². The van der Waals surface area contributed by atoms with Crippen molar-refractivity contribution in [3.05, 3.63) is 72.4 Å². The highest BCUT2D eigenvalue weighted by Crippen LogP contribution is 2.24. The molecule has 0 fully saturated rings. The zero-order chi connectivity index (χ0) is 28.3. The largest absolute Gasteiger partial charge is 0.504 e. The number of rotatable bonds is 19. The van der Waals surface area contributed by atoms with E-state index in [4.69, 9.17) is 30.9 Å². The number of hydrogen-bond donors (Lipinski definition) is 5. The molecule has 214 valence electrons. The molecule has 7 nitrogen and oxygen atoms in total. The lowest BCUT2D eigenvalue weighted by Crippen LogP contribution is -2.21. The molecular weight excluding hydrogens is 482 g/mol. The Morgan fingerprint density at radius 2 is 1.47 bits per heavy atom. The topological polar surface area (TPSA) is 133 Å². The van der Waals surface area contributed by atoms with Gasteiger partial charge in [0.1, 0.15) is 12.7 Å². The van der Waals surface area contributed by atoms with Crippen molar-refractivity contribution < 1.29 is 30.0 Å². The number of benzene rings is 1. The first kappa shape index (κ1) is 35.1. The maximum absolute atomic E-state index is 11.4. The summed E-state index contributed by atoms with van der Waals surface area (Å²) < 4.78 is 4.83. The van der Waals surface area contributed by atoms with E-state index in [0.29, 0.717) is 19.4 Å². The molecule has 1 aromatic carbocycles. The molecule has 1 rings (SSSR count). The Morgan fingerprint density at radius 1 is 0.895 bits per heavy atom. The monoisotopic (exact) mass is 531 g/mol. The third-order valence-electron chi connectivity index (χ3n) is 5.33. The summed E-state index contributed by atoms with van der Waals surface area (Å²) in [5.74, 6) is -0.514. The zero-order valence-electron chi connectivity index (χ0n) is 23.0. The van der Waals surface area contributed by atoms with Crippen LogP contribution in [0.4, 0.5) is 0 Å². The van der Waals surface area contributed by atoms with Gasteiger partial charge in [0, 0.05) is 6.42 Å². The third kappa shape index (κ3) is 22.3. The van der Waals surface area contributed by atoms with E-state index in [0.717, 1.165) is 37.7 Å². The summed E-state index contributed by atoms with van der Waals surface area (Å²) in [7, 11) is 0. The van der Waals surface area contributed by atoms with Crippen LogP contribution in [0, 0.1) is 0 Å². The fourth-order valence-corrected chi connectivity index (χ4v) is 3.13. The Kier molecular flexibility index (Phi) is 23.8. The molecule has 0 radical (unpaired) electrons. The van der Waals surface area contributed by atoms with Crippen LogP contribution in [-0.2, 0) is 16.0 Å². The Bertz CT molecular complexity index is 832. The lowest BCUT2D eigenvalue weighted by Gasteiger charge is -2.07. The Morgan fingerprint density at radius 3 is 2.00 bits per heavy atom. The van der Waals surface area contributed by atoms with Crippen molar-refractivity contribution in [1.82, 2.24) is 0 Å². The molecule has 1 unspecified atom stereocenters. The smallest absolute Gasteiger partial charge is 0.305 e. The van der Waals surface area contributed by atoms with Crippen molar-refractivity contribution >= 4 is 5.97 Å².